The Labute approximate surface area is 204 Å². The molecule has 36 heavy (non-hydrogen) atoms. The zero-order valence-corrected chi connectivity index (χ0v) is 19.4. The number of likely N-dealkylation sites (tertiary alicyclic amines) is 1. The zero-order chi connectivity index (χ0) is 24.9. The second-order valence-electron chi connectivity index (χ2n) is 9.61. The standard InChI is InChI=1S/C24H25F3N8O/c25-24(26,27)23(36)6-10-33(11-7-23)18-5-9-34(15-18)20-13-29-21-22(30-20)35(32-31-21)14-16-3-4-19-17(12-16)2-1-8-28-19/h1-4,8,12-13,18,36H,5-7,9-11,14-15H2/t18-/m1/s1. The van der Waals surface area contributed by atoms with Gasteiger partial charge in [0, 0.05) is 43.8 Å². The summed E-state index contributed by atoms with van der Waals surface area (Å²) in [5.74, 6) is 0.695. The lowest BCUT2D eigenvalue weighted by Crippen LogP contribution is -2.55. The van der Waals surface area contributed by atoms with E-state index in [0.717, 1.165) is 29.4 Å². The molecular weight excluding hydrogens is 473 g/mol. The van der Waals surface area contributed by atoms with Gasteiger partial charge in [-0.25, -0.2) is 14.6 Å². The maximum atomic E-state index is 13.1. The van der Waals surface area contributed by atoms with E-state index in [2.05, 4.69) is 31.2 Å². The molecule has 0 spiro atoms. The quantitative estimate of drug-likeness (QED) is 0.459. The van der Waals surface area contributed by atoms with Gasteiger partial charge in [-0.2, -0.15) is 13.2 Å². The monoisotopic (exact) mass is 498 g/mol. The van der Waals surface area contributed by atoms with Gasteiger partial charge in [-0.3, -0.25) is 9.88 Å². The number of halogens is 3. The number of nitrogens with zero attached hydrogens (tertiary/aromatic N) is 8. The summed E-state index contributed by atoms with van der Waals surface area (Å²) in [6.45, 7) is 2.29. The summed E-state index contributed by atoms with van der Waals surface area (Å²) in [4.78, 5) is 17.7. The number of hydrogen-bond acceptors (Lipinski definition) is 8. The number of aromatic nitrogens is 6. The molecule has 9 nitrogen and oxygen atoms in total. The Balaban J connectivity index is 1.16. The molecule has 2 aliphatic rings. The lowest BCUT2D eigenvalue weighted by molar-refractivity contribution is -0.273. The van der Waals surface area contributed by atoms with Crippen LogP contribution in [-0.2, 0) is 6.54 Å². The van der Waals surface area contributed by atoms with Crippen LogP contribution in [0.25, 0.3) is 22.2 Å². The maximum absolute atomic E-state index is 13.1. The van der Waals surface area contributed by atoms with Gasteiger partial charge in [-0.1, -0.05) is 17.3 Å². The van der Waals surface area contributed by atoms with E-state index in [1.165, 1.54) is 0 Å². The van der Waals surface area contributed by atoms with Crippen LogP contribution >= 0.6 is 0 Å². The lowest BCUT2D eigenvalue weighted by Gasteiger charge is -2.41. The Morgan fingerprint density at radius 1 is 1.08 bits per heavy atom. The van der Waals surface area contributed by atoms with Gasteiger partial charge < -0.3 is 10.0 Å². The summed E-state index contributed by atoms with van der Waals surface area (Å²) in [7, 11) is 0. The van der Waals surface area contributed by atoms with Crippen molar-refractivity contribution in [3.05, 3.63) is 48.3 Å². The fraction of sp³-hybridized carbons (Fsp3) is 0.458. The molecular formula is C24H25F3N8O. The smallest absolute Gasteiger partial charge is 0.380 e. The molecule has 2 saturated heterocycles. The highest BCUT2D eigenvalue weighted by molar-refractivity contribution is 5.79. The first-order valence-electron chi connectivity index (χ1n) is 12.0. The van der Waals surface area contributed by atoms with Crippen molar-refractivity contribution in [1.82, 2.24) is 34.8 Å². The number of fused-ring (bicyclic) bond motifs is 2. The molecule has 3 aromatic heterocycles. The van der Waals surface area contributed by atoms with Gasteiger partial charge in [0.05, 0.1) is 18.3 Å². The Hall–Kier alpha value is -3.38. The number of pyridine rings is 1. The van der Waals surface area contributed by atoms with Gasteiger partial charge in [0.25, 0.3) is 0 Å². The topological polar surface area (TPSA) is 96.1 Å². The van der Waals surface area contributed by atoms with Gasteiger partial charge in [-0.15, -0.1) is 5.10 Å². The zero-order valence-electron chi connectivity index (χ0n) is 19.4. The van der Waals surface area contributed by atoms with Crippen LogP contribution < -0.4 is 4.90 Å². The molecule has 188 valence electrons. The van der Waals surface area contributed by atoms with E-state index in [9.17, 15) is 18.3 Å². The van der Waals surface area contributed by atoms with Crippen LogP contribution in [0.1, 0.15) is 24.8 Å². The third-order valence-corrected chi connectivity index (χ3v) is 7.37. The molecule has 1 N–H and O–H groups in total. The highest BCUT2D eigenvalue weighted by Gasteiger charge is 2.55. The number of aliphatic hydroxyl groups is 1. The van der Waals surface area contributed by atoms with Crippen LogP contribution in [-0.4, -0.2) is 84.0 Å². The summed E-state index contributed by atoms with van der Waals surface area (Å²) >= 11 is 0. The van der Waals surface area contributed by atoms with Gasteiger partial charge in [0.2, 0.25) is 5.65 Å². The van der Waals surface area contributed by atoms with E-state index in [0.29, 0.717) is 30.2 Å². The van der Waals surface area contributed by atoms with Crippen molar-refractivity contribution >= 4 is 28.0 Å². The van der Waals surface area contributed by atoms with Crippen LogP contribution in [0.3, 0.4) is 0 Å². The Bertz CT molecular complexity index is 1400. The average Bonchev–Trinajstić information content (AvgIpc) is 3.51. The number of benzene rings is 1. The fourth-order valence-corrected chi connectivity index (χ4v) is 5.19. The third kappa shape index (κ3) is 4.13. The molecule has 0 aliphatic carbocycles. The average molecular weight is 499 g/mol. The van der Waals surface area contributed by atoms with Crippen LogP contribution in [0.5, 0.6) is 0 Å². The van der Waals surface area contributed by atoms with Crippen LogP contribution in [0.2, 0.25) is 0 Å². The number of alkyl halides is 3. The van der Waals surface area contributed by atoms with E-state index in [4.69, 9.17) is 4.98 Å². The van der Waals surface area contributed by atoms with E-state index >= 15 is 0 Å². The Morgan fingerprint density at radius 2 is 1.92 bits per heavy atom. The van der Waals surface area contributed by atoms with Crippen molar-refractivity contribution in [1.29, 1.82) is 0 Å². The van der Waals surface area contributed by atoms with E-state index < -0.39 is 11.8 Å². The predicted molar refractivity (Wildman–Crippen MR) is 126 cm³/mol. The second-order valence-corrected chi connectivity index (χ2v) is 9.61. The summed E-state index contributed by atoms with van der Waals surface area (Å²) in [5, 5.41) is 19.4. The number of piperidine rings is 1. The van der Waals surface area contributed by atoms with Crippen molar-refractivity contribution in [2.24, 2.45) is 0 Å². The lowest BCUT2D eigenvalue weighted by atomic mass is 9.90. The highest BCUT2D eigenvalue weighted by atomic mass is 19.4. The third-order valence-electron chi connectivity index (χ3n) is 7.37. The largest absolute Gasteiger partial charge is 0.417 e. The summed E-state index contributed by atoms with van der Waals surface area (Å²) < 4.78 is 41.2. The minimum atomic E-state index is -4.59. The molecule has 1 atom stereocenters. The molecule has 4 aromatic rings. The minimum absolute atomic E-state index is 0.106. The molecule has 2 aliphatic heterocycles. The minimum Gasteiger partial charge on any atom is -0.380 e. The summed E-state index contributed by atoms with van der Waals surface area (Å²) in [6.07, 6.45) is -0.938. The first-order chi connectivity index (χ1) is 17.3. The van der Waals surface area contributed by atoms with Gasteiger partial charge in [-0.05, 0) is 43.0 Å². The predicted octanol–water partition coefficient (Wildman–Crippen LogP) is 2.79. The summed E-state index contributed by atoms with van der Waals surface area (Å²) in [5.41, 5.74) is 0.423. The molecule has 5 heterocycles. The SMILES string of the molecule is OC1(C(F)(F)F)CCN([C@@H]2CCN(c3cnc4nnn(Cc5ccc6ncccc6c5)c4n3)C2)CC1. The number of hydrogen-bond donors (Lipinski definition) is 1. The van der Waals surface area contributed by atoms with Crippen LogP contribution in [0.4, 0.5) is 19.0 Å². The van der Waals surface area contributed by atoms with Gasteiger partial charge in [0.1, 0.15) is 5.82 Å². The second kappa shape index (κ2) is 8.63. The molecule has 2 fully saturated rings. The van der Waals surface area contributed by atoms with E-state index in [1.807, 2.05) is 29.2 Å². The van der Waals surface area contributed by atoms with Crippen molar-refractivity contribution in [2.75, 3.05) is 31.1 Å². The normalized spacial score (nSPS) is 21.0. The number of rotatable bonds is 4. The van der Waals surface area contributed by atoms with Crippen molar-refractivity contribution in [3.8, 4) is 0 Å². The fourth-order valence-electron chi connectivity index (χ4n) is 5.19. The summed E-state index contributed by atoms with van der Waals surface area (Å²) in [6, 6.07) is 10.1. The Morgan fingerprint density at radius 3 is 2.72 bits per heavy atom. The van der Waals surface area contributed by atoms with Gasteiger partial charge >= 0.3 is 6.18 Å². The molecule has 0 radical (unpaired) electrons. The van der Waals surface area contributed by atoms with Gasteiger partial charge in [0.15, 0.2) is 11.2 Å². The molecule has 6 rings (SSSR count). The highest BCUT2D eigenvalue weighted by Crippen LogP contribution is 2.39. The van der Waals surface area contributed by atoms with Crippen molar-refractivity contribution in [2.45, 2.75) is 43.6 Å². The van der Waals surface area contributed by atoms with Crippen molar-refractivity contribution < 1.29 is 18.3 Å². The van der Waals surface area contributed by atoms with Crippen molar-refractivity contribution in [3.63, 3.8) is 0 Å². The first kappa shape index (κ1) is 23.0. The molecule has 1 aromatic carbocycles. The molecule has 0 saturated carbocycles. The molecule has 12 heteroatoms. The maximum Gasteiger partial charge on any atom is 0.417 e. The first-order valence-corrected chi connectivity index (χ1v) is 12.0. The van der Waals surface area contributed by atoms with E-state index in [1.54, 1.807) is 17.1 Å². The van der Waals surface area contributed by atoms with Crippen LogP contribution in [0.15, 0.2) is 42.7 Å². The van der Waals surface area contributed by atoms with E-state index in [-0.39, 0.29) is 32.0 Å². The molecule has 0 unspecified atom stereocenters. The van der Waals surface area contributed by atoms with Crippen LogP contribution in [0, 0.1) is 0 Å². The number of anilines is 1. The molecule has 0 amide bonds. The Kier molecular flexibility index (Phi) is 5.52. The molecule has 0 bridgehead atoms.